The second-order valence-corrected chi connectivity index (χ2v) is 11.6. The van der Waals surface area contributed by atoms with Crippen LogP contribution >= 0.6 is 11.3 Å². The lowest BCUT2D eigenvalue weighted by molar-refractivity contribution is -0.123. The van der Waals surface area contributed by atoms with Crippen molar-refractivity contribution in [3.63, 3.8) is 0 Å². The van der Waals surface area contributed by atoms with E-state index < -0.39 is 18.5 Å². The minimum Gasteiger partial charge on any atom is -0.434 e. The van der Waals surface area contributed by atoms with Crippen molar-refractivity contribution in [2.24, 2.45) is 21.7 Å². The number of likely N-dealkylation sites (tertiary alicyclic amines) is 1. The zero-order valence-corrected chi connectivity index (χ0v) is 21.8. The summed E-state index contributed by atoms with van der Waals surface area (Å²) in [6.45, 7) is 4.94. The number of hydrogen-bond donors (Lipinski definition) is 0. The van der Waals surface area contributed by atoms with Crippen molar-refractivity contribution in [1.29, 1.82) is 0 Å². The lowest BCUT2D eigenvalue weighted by Crippen LogP contribution is -2.50. The minimum atomic E-state index is -2.97. The molecule has 2 atom stereocenters. The molecular weight excluding hydrogens is 494 g/mol. The van der Waals surface area contributed by atoms with Gasteiger partial charge in [0.1, 0.15) is 17.0 Å². The van der Waals surface area contributed by atoms with E-state index in [0.717, 1.165) is 23.3 Å². The highest BCUT2D eigenvalue weighted by atomic mass is 32.1. The number of carbonyl (C=O) groups excluding carboxylic acids is 1. The van der Waals surface area contributed by atoms with E-state index in [2.05, 4.69) is 35.6 Å². The molecule has 1 saturated heterocycles. The Kier molecular flexibility index (Phi) is 9.27. The van der Waals surface area contributed by atoms with Crippen molar-refractivity contribution in [1.82, 2.24) is 9.88 Å². The predicted octanol–water partition coefficient (Wildman–Crippen LogP) is 6.56. The van der Waals surface area contributed by atoms with Crippen LogP contribution in [0.1, 0.15) is 50.5 Å². The van der Waals surface area contributed by atoms with Gasteiger partial charge in [0.2, 0.25) is 6.43 Å². The Morgan fingerprint density at radius 3 is 2.67 bits per heavy atom. The molecule has 3 rings (SSSR count). The monoisotopic (exact) mass is 527 g/mol. The zero-order valence-electron chi connectivity index (χ0n) is 21.0. The predicted molar refractivity (Wildman–Crippen MR) is 134 cm³/mol. The maximum atomic E-state index is 13.0. The third kappa shape index (κ3) is 7.35. The molecule has 0 N–H and O–H groups in total. The molecular formula is C26H33F4N3O2S. The van der Waals surface area contributed by atoms with Crippen molar-refractivity contribution in [3.8, 4) is 16.3 Å². The Morgan fingerprint density at radius 2 is 2.06 bits per heavy atom. The second-order valence-electron chi connectivity index (χ2n) is 10.5. The van der Waals surface area contributed by atoms with Crippen molar-refractivity contribution < 1.29 is 27.1 Å². The minimum absolute atomic E-state index is 0.0249. The first-order valence-corrected chi connectivity index (χ1v) is 12.7. The smallest absolute Gasteiger partial charge is 0.387 e. The average molecular weight is 528 g/mol. The molecule has 1 aliphatic rings. The fraction of sp³-hybridized carbons (Fsp3) is 0.577. The molecule has 198 valence electrons. The highest BCUT2D eigenvalue weighted by molar-refractivity contribution is 7.15. The zero-order chi connectivity index (χ0) is 26.5. The van der Waals surface area contributed by atoms with Gasteiger partial charge in [-0.05, 0) is 47.9 Å². The Morgan fingerprint density at radius 1 is 1.31 bits per heavy atom. The van der Waals surface area contributed by atoms with Gasteiger partial charge in [-0.1, -0.05) is 20.8 Å². The van der Waals surface area contributed by atoms with Crippen LogP contribution in [-0.4, -0.2) is 55.6 Å². The van der Waals surface area contributed by atoms with Crippen LogP contribution in [0.2, 0.25) is 0 Å². The molecule has 0 radical (unpaired) electrons. The van der Waals surface area contributed by atoms with Gasteiger partial charge in [-0.3, -0.25) is 9.89 Å². The fourth-order valence-corrected chi connectivity index (χ4v) is 5.71. The van der Waals surface area contributed by atoms with Gasteiger partial charge in [-0.25, -0.2) is 13.8 Å². The number of aliphatic imine (C=N–C) groups is 1. The average Bonchev–Trinajstić information content (AvgIpc) is 3.26. The molecule has 1 aromatic heterocycles. The number of carbonyl (C=O) groups is 1. The number of thiazole rings is 1. The quantitative estimate of drug-likeness (QED) is 0.200. The number of rotatable bonds is 10. The second kappa shape index (κ2) is 11.8. The molecule has 0 unspecified atom stereocenters. The van der Waals surface area contributed by atoms with Crippen LogP contribution in [-0.2, 0) is 11.3 Å². The van der Waals surface area contributed by atoms with Gasteiger partial charge < -0.3 is 9.53 Å². The van der Waals surface area contributed by atoms with E-state index >= 15 is 0 Å². The van der Waals surface area contributed by atoms with Gasteiger partial charge in [0.25, 0.3) is 0 Å². The molecule has 1 aliphatic heterocycles. The number of ether oxygens (including phenoxy) is 1. The van der Waals surface area contributed by atoms with Gasteiger partial charge >= 0.3 is 6.61 Å². The molecule has 1 aromatic carbocycles. The SMILES string of the molecule is CN=Cc1ccc(OC(F)F)c(-c2ncc(CN3C[C@H](C(C)(C)C)C[C@](C=O)(CCC(F)F)C3)s2)c1. The summed E-state index contributed by atoms with van der Waals surface area (Å²) >= 11 is 1.35. The molecule has 0 aliphatic carbocycles. The van der Waals surface area contributed by atoms with Crippen molar-refractivity contribution in [2.45, 2.75) is 59.6 Å². The molecule has 10 heteroatoms. The number of alkyl halides is 4. The van der Waals surface area contributed by atoms with E-state index in [0.29, 0.717) is 30.1 Å². The molecule has 0 amide bonds. The highest BCUT2D eigenvalue weighted by Crippen LogP contribution is 2.44. The lowest BCUT2D eigenvalue weighted by Gasteiger charge is -2.47. The highest BCUT2D eigenvalue weighted by Gasteiger charge is 2.43. The molecule has 0 saturated carbocycles. The molecule has 36 heavy (non-hydrogen) atoms. The molecule has 5 nitrogen and oxygen atoms in total. The maximum absolute atomic E-state index is 13.0. The first-order chi connectivity index (χ1) is 16.9. The summed E-state index contributed by atoms with van der Waals surface area (Å²) in [5.41, 5.74) is 0.241. The van der Waals surface area contributed by atoms with Crippen LogP contribution in [0.3, 0.4) is 0 Å². The number of aldehydes is 1. The van der Waals surface area contributed by atoms with Crippen LogP contribution in [0.15, 0.2) is 29.4 Å². The number of nitrogens with zero attached hydrogens (tertiary/aromatic N) is 3. The molecule has 2 heterocycles. The van der Waals surface area contributed by atoms with Crippen LogP contribution < -0.4 is 4.74 Å². The van der Waals surface area contributed by atoms with E-state index in [4.69, 9.17) is 4.74 Å². The Bertz CT molecular complexity index is 1050. The van der Waals surface area contributed by atoms with Crippen LogP contribution in [0.5, 0.6) is 5.75 Å². The number of piperidine rings is 1. The summed E-state index contributed by atoms with van der Waals surface area (Å²) in [4.78, 5) is 23.6. The van der Waals surface area contributed by atoms with Crippen LogP contribution in [0.25, 0.3) is 10.6 Å². The summed E-state index contributed by atoms with van der Waals surface area (Å²) in [7, 11) is 1.62. The van der Waals surface area contributed by atoms with Gasteiger partial charge in [0, 0.05) is 55.8 Å². The number of hydrogen-bond acceptors (Lipinski definition) is 6. The van der Waals surface area contributed by atoms with Crippen molar-refractivity contribution >= 4 is 23.8 Å². The van der Waals surface area contributed by atoms with Crippen LogP contribution in [0.4, 0.5) is 17.6 Å². The molecule has 0 bridgehead atoms. The normalized spacial score (nSPS) is 21.6. The van der Waals surface area contributed by atoms with Crippen molar-refractivity contribution in [3.05, 3.63) is 34.8 Å². The third-order valence-corrected chi connectivity index (χ3v) is 7.68. The van der Waals surface area contributed by atoms with Gasteiger partial charge in [-0.15, -0.1) is 11.3 Å². The summed E-state index contributed by atoms with van der Waals surface area (Å²) in [5, 5.41) is 0.524. The lowest BCUT2D eigenvalue weighted by atomic mass is 9.66. The Labute approximate surface area is 213 Å². The van der Waals surface area contributed by atoms with E-state index in [9.17, 15) is 22.4 Å². The third-order valence-electron chi connectivity index (χ3n) is 6.67. The first-order valence-electron chi connectivity index (χ1n) is 11.9. The van der Waals surface area contributed by atoms with E-state index in [1.54, 1.807) is 31.6 Å². The summed E-state index contributed by atoms with van der Waals surface area (Å²) < 4.78 is 56.7. The Hall–Kier alpha value is -2.33. The number of aromatic nitrogens is 1. The van der Waals surface area contributed by atoms with E-state index in [-0.39, 0.29) is 29.9 Å². The molecule has 1 fully saturated rings. The largest absolute Gasteiger partial charge is 0.434 e. The molecule has 0 spiro atoms. The Balaban J connectivity index is 1.87. The topological polar surface area (TPSA) is 54.8 Å². The van der Waals surface area contributed by atoms with Gasteiger partial charge in [0.15, 0.2) is 0 Å². The van der Waals surface area contributed by atoms with E-state index in [1.165, 1.54) is 17.4 Å². The van der Waals surface area contributed by atoms with Crippen molar-refractivity contribution in [2.75, 3.05) is 20.1 Å². The summed E-state index contributed by atoms with van der Waals surface area (Å²) in [6.07, 6.45) is 2.14. The molecule has 2 aromatic rings. The maximum Gasteiger partial charge on any atom is 0.387 e. The van der Waals surface area contributed by atoms with Crippen LogP contribution in [0, 0.1) is 16.7 Å². The number of halogens is 4. The summed E-state index contributed by atoms with van der Waals surface area (Å²) in [5.74, 6) is 0.175. The standard InChI is InChI=1S/C26H33F4N3O2S/c1-25(2,3)18-10-26(16-34,8-7-22(27)28)15-33(13-18)14-19-12-32-23(36-19)20-9-17(11-31-4)5-6-21(20)35-24(29)30/h5-6,9,11-12,16,18,22,24H,7-8,10,13-15H2,1-4H3/t18-,26-/m1/s1. The van der Waals surface area contributed by atoms with E-state index in [1.807, 2.05) is 0 Å². The first kappa shape index (κ1) is 28.2. The number of benzene rings is 1. The summed E-state index contributed by atoms with van der Waals surface area (Å²) in [6, 6.07) is 4.81. The van der Waals surface area contributed by atoms with Gasteiger partial charge in [0.05, 0.1) is 5.56 Å². The van der Waals surface area contributed by atoms with Gasteiger partial charge in [-0.2, -0.15) is 8.78 Å². The fourth-order valence-electron chi connectivity index (χ4n) is 4.73.